The molecule has 1 saturated heterocycles. The molecular weight excluding hydrogens is 292 g/mol. The van der Waals surface area contributed by atoms with Crippen LogP contribution in [0.2, 0.25) is 0 Å². The van der Waals surface area contributed by atoms with Gasteiger partial charge >= 0.3 is 5.97 Å². The number of hydrogen-bond donors (Lipinski definition) is 1. The van der Waals surface area contributed by atoms with Crippen LogP contribution in [-0.4, -0.2) is 30.1 Å². The van der Waals surface area contributed by atoms with Crippen molar-refractivity contribution in [1.29, 1.82) is 0 Å². The molecule has 23 heavy (non-hydrogen) atoms. The van der Waals surface area contributed by atoms with Crippen molar-refractivity contribution in [2.24, 2.45) is 0 Å². The molecule has 1 heterocycles. The molecular formula is C19H36O4. The zero-order valence-electron chi connectivity index (χ0n) is 14.9. The maximum atomic E-state index is 10.4. The summed E-state index contributed by atoms with van der Waals surface area (Å²) in [5.74, 6) is -0.681. The Labute approximate surface area is 141 Å². The highest BCUT2D eigenvalue weighted by molar-refractivity contribution is 5.66. The standard InChI is InChI=1S/C19H36O4/c1-2-3-4-5-7-10-13-17-18(23-16-22-17)14-11-8-6-9-12-15-19(20)21/h17-18H,2-16H2,1H3,(H,20,21)/t17-,18-/m1/s1. The van der Waals surface area contributed by atoms with Crippen molar-refractivity contribution in [3.8, 4) is 0 Å². The maximum absolute atomic E-state index is 10.4. The molecule has 0 saturated carbocycles. The van der Waals surface area contributed by atoms with Gasteiger partial charge < -0.3 is 14.6 Å². The van der Waals surface area contributed by atoms with Gasteiger partial charge in [-0.25, -0.2) is 0 Å². The normalized spacial score (nSPS) is 20.9. The lowest BCUT2D eigenvalue weighted by atomic mass is 9.99. The predicted molar refractivity (Wildman–Crippen MR) is 92.6 cm³/mol. The van der Waals surface area contributed by atoms with Gasteiger partial charge in [0.2, 0.25) is 0 Å². The lowest BCUT2D eigenvalue weighted by molar-refractivity contribution is -0.137. The molecule has 1 fully saturated rings. The quantitative estimate of drug-likeness (QED) is 0.415. The minimum atomic E-state index is -0.681. The van der Waals surface area contributed by atoms with E-state index in [1.807, 2.05) is 0 Å². The van der Waals surface area contributed by atoms with Crippen molar-refractivity contribution in [3.63, 3.8) is 0 Å². The van der Waals surface area contributed by atoms with E-state index < -0.39 is 5.97 Å². The zero-order valence-corrected chi connectivity index (χ0v) is 14.9. The molecule has 0 spiro atoms. The van der Waals surface area contributed by atoms with E-state index in [0.29, 0.717) is 19.3 Å². The van der Waals surface area contributed by atoms with Crippen LogP contribution in [0, 0.1) is 0 Å². The third-order valence-electron chi connectivity index (χ3n) is 4.70. The number of unbranched alkanes of at least 4 members (excludes halogenated alkanes) is 9. The van der Waals surface area contributed by atoms with Crippen LogP contribution in [0.4, 0.5) is 0 Å². The molecule has 0 bridgehead atoms. The molecule has 2 atom stereocenters. The first-order chi connectivity index (χ1) is 11.2. The second kappa shape index (κ2) is 13.8. The first-order valence-electron chi connectivity index (χ1n) is 9.69. The molecule has 136 valence electrons. The molecule has 0 unspecified atom stereocenters. The molecule has 1 aliphatic heterocycles. The monoisotopic (exact) mass is 328 g/mol. The van der Waals surface area contributed by atoms with Gasteiger partial charge in [-0.3, -0.25) is 4.79 Å². The van der Waals surface area contributed by atoms with E-state index in [4.69, 9.17) is 14.6 Å². The topological polar surface area (TPSA) is 55.8 Å². The van der Waals surface area contributed by atoms with Crippen molar-refractivity contribution in [1.82, 2.24) is 0 Å². The number of rotatable bonds is 15. The van der Waals surface area contributed by atoms with Crippen LogP contribution in [0.1, 0.15) is 96.8 Å². The highest BCUT2D eigenvalue weighted by atomic mass is 16.7. The Balaban J connectivity index is 1.97. The fraction of sp³-hybridized carbons (Fsp3) is 0.947. The van der Waals surface area contributed by atoms with Gasteiger partial charge in [0.25, 0.3) is 0 Å². The largest absolute Gasteiger partial charge is 0.481 e. The first kappa shape index (κ1) is 20.4. The molecule has 4 nitrogen and oxygen atoms in total. The van der Waals surface area contributed by atoms with Gasteiger partial charge in [0.05, 0.1) is 12.2 Å². The predicted octanol–water partition coefficient (Wildman–Crippen LogP) is 5.29. The summed E-state index contributed by atoms with van der Waals surface area (Å²) in [4.78, 5) is 10.4. The average molecular weight is 328 g/mol. The summed E-state index contributed by atoms with van der Waals surface area (Å²) >= 11 is 0. The third-order valence-corrected chi connectivity index (χ3v) is 4.70. The molecule has 0 aromatic rings. The maximum Gasteiger partial charge on any atom is 0.303 e. The minimum Gasteiger partial charge on any atom is -0.481 e. The Morgan fingerprint density at radius 3 is 1.83 bits per heavy atom. The lowest BCUT2D eigenvalue weighted by Crippen LogP contribution is -2.22. The van der Waals surface area contributed by atoms with Crippen molar-refractivity contribution < 1.29 is 19.4 Å². The number of hydrogen-bond acceptors (Lipinski definition) is 3. The Kier molecular flexibility index (Phi) is 12.3. The number of carbonyl (C=O) groups is 1. The van der Waals surface area contributed by atoms with E-state index in [1.165, 1.54) is 44.9 Å². The van der Waals surface area contributed by atoms with Crippen LogP contribution in [0.3, 0.4) is 0 Å². The molecule has 0 radical (unpaired) electrons. The van der Waals surface area contributed by atoms with E-state index in [9.17, 15) is 4.79 Å². The van der Waals surface area contributed by atoms with Crippen LogP contribution in [-0.2, 0) is 14.3 Å². The van der Waals surface area contributed by atoms with Gasteiger partial charge in [-0.2, -0.15) is 0 Å². The van der Waals surface area contributed by atoms with Crippen LogP contribution < -0.4 is 0 Å². The molecule has 0 aromatic carbocycles. The van der Waals surface area contributed by atoms with Gasteiger partial charge in [0.1, 0.15) is 6.79 Å². The summed E-state index contributed by atoms with van der Waals surface area (Å²) in [5, 5.41) is 8.59. The Morgan fingerprint density at radius 1 is 0.826 bits per heavy atom. The van der Waals surface area contributed by atoms with Gasteiger partial charge in [0, 0.05) is 6.42 Å². The molecule has 0 amide bonds. The molecule has 0 aromatic heterocycles. The van der Waals surface area contributed by atoms with E-state index in [2.05, 4.69) is 6.92 Å². The van der Waals surface area contributed by atoms with E-state index in [1.54, 1.807) is 0 Å². The minimum absolute atomic E-state index is 0.282. The van der Waals surface area contributed by atoms with E-state index in [0.717, 1.165) is 38.5 Å². The molecule has 1 N–H and O–H groups in total. The van der Waals surface area contributed by atoms with E-state index in [-0.39, 0.29) is 6.10 Å². The summed E-state index contributed by atoms with van der Waals surface area (Å²) in [7, 11) is 0. The van der Waals surface area contributed by atoms with Crippen LogP contribution in [0.15, 0.2) is 0 Å². The van der Waals surface area contributed by atoms with Gasteiger partial charge in [-0.1, -0.05) is 71.1 Å². The van der Waals surface area contributed by atoms with Crippen molar-refractivity contribution >= 4 is 5.97 Å². The summed E-state index contributed by atoms with van der Waals surface area (Å²) in [6, 6.07) is 0. The zero-order chi connectivity index (χ0) is 16.8. The third kappa shape index (κ3) is 10.7. The van der Waals surface area contributed by atoms with Gasteiger partial charge in [0.15, 0.2) is 0 Å². The summed E-state index contributed by atoms with van der Waals surface area (Å²) < 4.78 is 11.4. The fourth-order valence-corrected chi connectivity index (χ4v) is 3.25. The Hall–Kier alpha value is -0.610. The van der Waals surface area contributed by atoms with Crippen LogP contribution in [0.25, 0.3) is 0 Å². The van der Waals surface area contributed by atoms with Crippen LogP contribution in [0.5, 0.6) is 0 Å². The Bertz CT molecular complexity index is 293. The Morgan fingerprint density at radius 2 is 1.30 bits per heavy atom. The van der Waals surface area contributed by atoms with Crippen molar-refractivity contribution in [2.75, 3.05) is 6.79 Å². The van der Waals surface area contributed by atoms with Crippen molar-refractivity contribution in [3.05, 3.63) is 0 Å². The number of ether oxygens (including phenoxy) is 2. The molecule has 1 aliphatic rings. The molecule has 1 rings (SSSR count). The second-order valence-electron chi connectivity index (χ2n) is 6.78. The van der Waals surface area contributed by atoms with E-state index >= 15 is 0 Å². The number of aliphatic carboxylic acids is 1. The first-order valence-corrected chi connectivity index (χ1v) is 9.69. The highest BCUT2D eigenvalue weighted by Crippen LogP contribution is 2.24. The van der Waals surface area contributed by atoms with Gasteiger partial charge in [-0.05, 0) is 19.3 Å². The second-order valence-corrected chi connectivity index (χ2v) is 6.78. The summed E-state index contributed by atoms with van der Waals surface area (Å²) in [5.41, 5.74) is 0. The molecule has 0 aliphatic carbocycles. The van der Waals surface area contributed by atoms with Gasteiger partial charge in [-0.15, -0.1) is 0 Å². The SMILES string of the molecule is CCCCCCCC[C@H]1OCO[C@@H]1CCCCCCCC(=O)O. The molecule has 4 heteroatoms. The number of carboxylic acids is 1. The van der Waals surface area contributed by atoms with Crippen molar-refractivity contribution in [2.45, 2.75) is 109 Å². The highest BCUT2D eigenvalue weighted by Gasteiger charge is 2.27. The smallest absolute Gasteiger partial charge is 0.303 e. The summed E-state index contributed by atoms with van der Waals surface area (Å²) in [6.07, 6.45) is 16.3. The number of carboxylic acid groups (broad SMARTS) is 1. The lowest BCUT2D eigenvalue weighted by Gasteiger charge is -2.16. The summed E-state index contributed by atoms with van der Waals surface area (Å²) in [6.45, 7) is 2.71. The van der Waals surface area contributed by atoms with Crippen LogP contribution >= 0.6 is 0 Å². The fourth-order valence-electron chi connectivity index (χ4n) is 3.25. The average Bonchev–Trinajstić information content (AvgIpc) is 2.97.